The first-order valence-electron chi connectivity index (χ1n) is 6.65. The zero-order chi connectivity index (χ0) is 14.7. The van der Waals surface area contributed by atoms with Gasteiger partial charge in [-0.1, -0.05) is 28.1 Å². The second kappa shape index (κ2) is 6.52. The van der Waals surface area contributed by atoms with Crippen LogP contribution in [0.4, 0.5) is 0 Å². The number of hydrogen-bond acceptors (Lipinski definition) is 3. The Morgan fingerprint density at radius 3 is 2.75 bits per heavy atom. The van der Waals surface area contributed by atoms with E-state index in [2.05, 4.69) is 58.1 Å². The van der Waals surface area contributed by atoms with Crippen LogP contribution in [0, 0.1) is 6.92 Å². The lowest BCUT2D eigenvalue weighted by atomic mass is 10.0. The molecule has 0 saturated carbocycles. The average Bonchev–Trinajstić information content (AvgIpc) is 2.80. The number of aryl methyl sites for hydroxylation is 2. The third-order valence-corrected chi connectivity index (χ3v) is 4.38. The summed E-state index contributed by atoms with van der Waals surface area (Å²) in [5.41, 5.74) is 9.64. The van der Waals surface area contributed by atoms with Crippen molar-refractivity contribution >= 4 is 15.9 Å². The molecule has 1 unspecified atom stereocenters. The van der Waals surface area contributed by atoms with Crippen molar-refractivity contribution < 1.29 is 0 Å². The maximum atomic E-state index is 5.97. The molecule has 1 atom stereocenters. The van der Waals surface area contributed by atoms with Crippen LogP contribution in [0.3, 0.4) is 0 Å². The molecule has 1 aromatic heterocycles. The zero-order valence-electron chi connectivity index (χ0n) is 12.2. The summed E-state index contributed by atoms with van der Waals surface area (Å²) in [5.74, 6) is 0. The number of nitrogens with two attached hydrogens (primary N) is 1. The first kappa shape index (κ1) is 15.2. The molecule has 0 aliphatic heterocycles. The Morgan fingerprint density at radius 2 is 2.20 bits per heavy atom. The molecule has 5 heteroatoms. The summed E-state index contributed by atoms with van der Waals surface area (Å²) in [6.07, 6.45) is 3.93. The standard InChI is InChI=1S/C15H21BrN4/c1-11-4-5-13(6-14(11)16)15(7-17)19(2)9-12-8-18-20(3)10-12/h4-6,8,10,15H,7,9,17H2,1-3H3. The Morgan fingerprint density at radius 1 is 1.45 bits per heavy atom. The van der Waals surface area contributed by atoms with Gasteiger partial charge in [0.05, 0.1) is 6.20 Å². The lowest BCUT2D eigenvalue weighted by Crippen LogP contribution is -2.30. The van der Waals surface area contributed by atoms with Gasteiger partial charge in [-0.3, -0.25) is 9.58 Å². The van der Waals surface area contributed by atoms with E-state index in [4.69, 9.17) is 5.73 Å². The van der Waals surface area contributed by atoms with Gasteiger partial charge in [0.25, 0.3) is 0 Å². The number of benzene rings is 1. The normalized spacial score (nSPS) is 12.9. The fraction of sp³-hybridized carbons (Fsp3) is 0.400. The highest BCUT2D eigenvalue weighted by atomic mass is 79.9. The SMILES string of the molecule is Cc1ccc(C(CN)N(C)Cc2cnn(C)c2)cc1Br. The summed E-state index contributed by atoms with van der Waals surface area (Å²) in [6, 6.07) is 6.64. The van der Waals surface area contributed by atoms with Crippen LogP contribution >= 0.6 is 15.9 Å². The lowest BCUT2D eigenvalue weighted by molar-refractivity contribution is 0.241. The van der Waals surface area contributed by atoms with Crippen LogP contribution in [0.1, 0.15) is 22.7 Å². The van der Waals surface area contributed by atoms with E-state index in [1.165, 1.54) is 16.7 Å². The van der Waals surface area contributed by atoms with Crippen LogP contribution in [0.25, 0.3) is 0 Å². The van der Waals surface area contributed by atoms with Gasteiger partial charge < -0.3 is 5.73 Å². The second-order valence-corrected chi connectivity index (χ2v) is 6.05. The quantitative estimate of drug-likeness (QED) is 0.912. The van der Waals surface area contributed by atoms with Gasteiger partial charge in [0.15, 0.2) is 0 Å². The Hall–Kier alpha value is -1.17. The Balaban J connectivity index is 2.16. The highest BCUT2D eigenvalue weighted by Gasteiger charge is 2.16. The molecule has 20 heavy (non-hydrogen) atoms. The van der Waals surface area contributed by atoms with E-state index in [1.54, 1.807) is 0 Å². The van der Waals surface area contributed by atoms with Crippen molar-refractivity contribution in [1.29, 1.82) is 0 Å². The predicted molar refractivity (Wildman–Crippen MR) is 85.3 cm³/mol. The zero-order valence-corrected chi connectivity index (χ0v) is 13.8. The van der Waals surface area contributed by atoms with Crippen molar-refractivity contribution in [2.24, 2.45) is 12.8 Å². The topological polar surface area (TPSA) is 47.1 Å². The van der Waals surface area contributed by atoms with Gasteiger partial charge >= 0.3 is 0 Å². The molecule has 2 rings (SSSR count). The van der Waals surface area contributed by atoms with Gasteiger partial charge in [-0.25, -0.2) is 0 Å². The van der Waals surface area contributed by atoms with Crippen molar-refractivity contribution in [3.63, 3.8) is 0 Å². The Kier molecular flexibility index (Phi) is 4.96. The van der Waals surface area contributed by atoms with E-state index in [0.717, 1.165) is 11.0 Å². The van der Waals surface area contributed by atoms with Gasteiger partial charge in [0.2, 0.25) is 0 Å². The maximum Gasteiger partial charge on any atom is 0.0534 e. The van der Waals surface area contributed by atoms with E-state index in [0.29, 0.717) is 6.54 Å². The number of aromatic nitrogens is 2. The maximum absolute atomic E-state index is 5.97. The van der Waals surface area contributed by atoms with Crippen LogP contribution in [-0.4, -0.2) is 28.3 Å². The second-order valence-electron chi connectivity index (χ2n) is 5.20. The molecule has 2 aromatic rings. The average molecular weight is 337 g/mol. The highest BCUT2D eigenvalue weighted by Crippen LogP contribution is 2.25. The minimum absolute atomic E-state index is 0.201. The van der Waals surface area contributed by atoms with Gasteiger partial charge in [-0.2, -0.15) is 5.10 Å². The minimum Gasteiger partial charge on any atom is -0.329 e. The smallest absolute Gasteiger partial charge is 0.0534 e. The minimum atomic E-state index is 0.201. The van der Waals surface area contributed by atoms with Crippen molar-refractivity contribution in [3.05, 3.63) is 51.8 Å². The largest absolute Gasteiger partial charge is 0.329 e. The van der Waals surface area contributed by atoms with Gasteiger partial charge in [0, 0.05) is 42.4 Å². The molecular weight excluding hydrogens is 316 g/mol. The molecule has 2 N–H and O–H groups in total. The molecule has 0 aliphatic carbocycles. The molecular formula is C15H21BrN4. The van der Waals surface area contributed by atoms with Gasteiger partial charge in [-0.15, -0.1) is 0 Å². The fourth-order valence-electron chi connectivity index (χ4n) is 2.34. The first-order chi connectivity index (χ1) is 9.51. The van der Waals surface area contributed by atoms with E-state index in [-0.39, 0.29) is 6.04 Å². The summed E-state index contributed by atoms with van der Waals surface area (Å²) >= 11 is 3.59. The van der Waals surface area contributed by atoms with Crippen LogP contribution in [0.5, 0.6) is 0 Å². The van der Waals surface area contributed by atoms with E-state index >= 15 is 0 Å². The molecule has 108 valence electrons. The van der Waals surface area contributed by atoms with Gasteiger partial charge in [-0.05, 0) is 31.2 Å². The van der Waals surface area contributed by atoms with Crippen LogP contribution in [-0.2, 0) is 13.6 Å². The molecule has 4 nitrogen and oxygen atoms in total. The van der Waals surface area contributed by atoms with E-state index < -0.39 is 0 Å². The summed E-state index contributed by atoms with van der Waals surface area (Å²) in [7, 11) is 4.03. The summed E-state index contributed by atoms with van der Waals surface area (Å²) in [6.45, 7) is 3.51. The predicted octanol–water partition coefficient (Wildman–Crippen LogP) is 2.62. The van der Waals surface area contributed by atoms with Crippen molar-refractivity contribution in [2.45, 2.75) is 19.5 Å². The lowest BCUT2D eigenvalue weighted by Gasteiger charge is -2.27. The summed E-state index contributed by atoms with van der Waals surface area (Å²) in [5, 5.41) is 4.20. The van der Waals surface area contributed by atoms with Crippen LogP contribution < -0.4 is 5.73 Å². The fourth-order valence-corrected chi connectivity index (χ4v) is 2.74. The number of halogens is 1. The molecule has 0 radical (unpaired) electrons. The van der Waals surface area contributed by atoms with E-state index in [1.807, 2.05) is 24.1 Å². The third-order valence-electron chi connectivity index (χ3n) is 3.53. The first-order valence-corrected chi connectivity index (χ1v) is 7.44. The monoisotopic (exact) mass is 336 g/mol. The number of hydrogen-bond donors (Lipinski definition) is 1. The molecule has 0 spiro atoms. The summed E-state index contributed by atoms with van der Waals surface area (Å²) in [4.78, 5) is 2.26. The Bertz CT molecular complexity index is 579. The van der Waals surface area contributed by atoms with Crippen LogP contribution in [0.15, 0.2) is 35.1 Å². The molecule has 0 fully saturated rings. The van der Waals surface area contributed by atoms with Gasteiger partial charge in [0.1, 0.15) is 0 Å². The third kappa shape index (κ3) is 3.48. The number of nitrogens with zero attached hydrogens (tertiary/aromatic N) is 3. The Labute approximate surface area is 128 Å². The highest BCUT2D eigenvalue weighted by molar-refractivity contribution is 9.10. The molecule has 0 saturated heterocycles. The number of likely N-dealkylation sites (N-methyl/N-ethyl adjacent to an activating group) is 1. The van der Waals surface area contributed by atoms with Crippen molar-refractivity contribution in [3.8, 4) is 0 Å². The summed E-state index contributed by atoms with van der Waals surface area (Å²) < 4.78 is 2.95. The van der Waals surface area contributed by atoms with Crippen molar-refractivity contribution in [1.82, 2.24) is 14.7 Å². The molecule has 1 aromatic carbocycles. The van der Waals surface area contributed by atoms with E-state index in [9.17, 15) is 0 Å². The molecule has 1 heterocycles. The number of rotatable bonds is 5. The molecule has 0 bridgehead atoms. The van der Waals surface area contributed by atoms with Crippen LogP contribution in [0.2, 0.25) is 0 Å². The van der Waals surface area contributed by atoms with Crippen molar-refractivity contribution in [2.75, 3.05) is 13.6 Å². The molecule has 0 amide bonds. The molecule has 0 aliphatic rings.